The largest absolute Gasteiger partial charge is 0.394 e. The van der Waals surface area contributed by atoms with Gasteiger partial charge in [0.05, 0.1) is 18.0 Å². The topological polar surface area (TPSA) is 130 Å². The summed E-state index contributed by atoms with van der Waals surface area (Å²) < 4.78 is 0. The van der Waals surface area contributed by atoms with Crippen molar-refractivity contribution in [1.82, 2.24) is 0 Å². The molecule has 2 rings (SSSR count). The Morgan fingerprint density at radius 1 is 0.920 bits per heavy atom. The first kappa shape index (κ1) is 18.7. The lowest BCUT2D eigenvalue weighted by Gasteiger charge is -2.20. The standard InChI is InChI=1S/C17H20N4O4/c22-11-14(23)15(24)16(25)17(20-18-12-7-3-1-4-8-12)21-19-13-9-5-2-6-10-13/h1-10,14-16,18,22-25H,11H2/b20-17+,21-19?/t14-,15-,16-/m0/s1. The molecule has 0 saturated carbocycles. The first-order valence-electron chi connectivity index (χ1n) is 7.62. The molecule has 0 aliphatic heterocycles. The van der Waals surface area contributed by atoms with Crippen LogP contribution in [0, 0.1) is 0 Å². The lowest BCUT2D eigenvalue weighted by atomic mass is 10.1. The molecule has 0 radical (unpaired) electrons. The summed E-state index contributed by atoms with van der Waals surface area (Å²) in [6, 6.07) is 17.7. The van der Waals surface area contributed by atoms with Gasteiger partial charge in [-0.25, -0.2) is 0 Å². The van der Waals surface area contributed by atoms with Crippen LogP contribution in [0.1, 0.15) is 0 Å². The maximum atomic E-state index is 10.2. The number of nitrogens with zero attached hydrogens (tertiary/aromatic N) is 3. The summed E-state index contributed by atoms with van der Waals surface area (Å²) in [5.41, 5.74) is 3.86. The lowest BCUT2D eigenvalue weighted by molar-refractivity contribution is -0.0557. The molecular weight excluding hydrogens is 324 g/mol. The van der Waals surface area contributed by atoms with E-state index in [0.717, 1.165) is 0 Å². The first-order chi connectivity index (χ1) is 12.1. The van der Waals surface area contributed by atoms with E-state index >= 15 is 0 Å². The third-order valence-corrected chi connectivity index (χ3v) is 3.27. The summed E-state index contributed by atoms with van der Waals surface area (Å²) in [5.74, 6) is -0.243. The Labute approximate surface area is 144 Å². The molecule has 8 heteroatoms. The highest BCUT2D eigenvalue weighted by molar-refractivity contribution is 5.88. The van der Waals surface area contributed by atoms with Crippen molar-refractivity contribution in [2.45, 2.75) is 18.3 Å². The molecule has 2 aromatic carbocycles. The van der Waals surface area contributed by atoms with Crippen LogP contribution < -0.4 is 5.43 Å². The van der Waals surface area contributed by atoms with Crippen molar-refractivity contribution in [2.75, 3.05) is 12.0 Å². The van der Waals surface area contributed by atoms with E-state index in [1.807, 2.05) is 12.1 Å². The smallest absolute Gasteiger partial charge is 0.202 e. The molecule has 3 atom stereocenters. The van der Waals surface area contributed by atoms with Gasteiger partial charge in [-0.15, -0.1) is 10.2 Å². The highest BCUT2D eigenvalue weighted by atomic mass is 16.4. The quantitative estimate of drug-likeness (QED) is 0.223. The Bertz CT molecular complexity index is 694. The van der Waals surface area contributed by atoms with Crippen molar-refractivity contribution in [3.8, 4) is 0 Å². The summed E-state index contributed by atoms with van der Waals surface area (Å²) in [6.45, 7) is -0.715. The summed E-state index contributed by atoms with van der Waals surface area (Å²) in [6.07, 6.45) is -4.86. The molecule has 0 amide bonds. The molecule has 5 N–H and O–H groups in total. The Kier molecular flexibility index (Phi) is 7.17. The molecule has 25 heavy (non-hydrogen) atoms. The van der Waals surface area contributed by atoms with Gasteiger partial charge in [0.15, 0.2) is 0 Å². The van der Waals surface area contributed by atoms with E-state index in [1.54, 1.807) is 48.5 Å². The number of nitrogens with one attached hydrogen (secondary N) is 1. The number of aliphatic hydroxyl groups excluding tert-OH is 4. The number of benzene rings is 2. The Balaban J connectivity index is 2.22. The molecule has 2 aromatic rings. The van der Waals surface area contributed by atoms with Crippen LogP contribution in [0.3, 0.4) is 0 Å². The zero-order valence-electron chi connectivity index (χ0n) is 13.3. The monoisotopic (exact) mass is 344 g/mol. The molecular formula is C17H20N4O4. The molecule has 8 nitrogen and oxygen atoms in total. The molecule has 0 fully saturated rings. The lowest BCUT2D eigenvalue weighted by Crippen LogP contribution is -2.43. The van der Waals surface area contributed by atoms with Gasteiger partial charge in [0.1, 0.15) is 18.3 Å². The second-order valence-corrected chi connectivity index (χ2v) is 5.17. The first-order valence-corrected chi connectivity index (χ1v) is 7.62. The number of anilines is 1. The van der Waals surface area contributed by atoms with Crippen LogP contribution in [0.5, 0.6) is 0 Å². The van der Waals surface area contributed by atoms with Crippen LogP contribution in [0.2, 0.25) is 0 Å². The van der Waals surface area contributed by atoms with Gasteiger partial charge >= 0.3 is 0 Å². The second kappa shape index (κ2) is 9.60. The highest BCUT2D eigenvalue weighted by Gasteiger charge is 2.29. The fraction of sp³-hybridized carbons (Fsp3) is 0.235. The van der Waals surface area contributed by atoms with E-state index in [2.05, 4.69) is 20.8 Å². The maximum absolute atomic E-state index is 10.2. The molecule has 0 unspecified atom stereocenters. The zero-order valence-corrected chi connectivity index (χ0v) is 13.3. The Hall–Kier alpha value is -2.65. The minimum atomic E-state index is -1.67. The van der Waals surface area contributed by atoms with Crippen LogP contribution >= 0.6 is 0 Å². The fourth-order valence-corrected chi connectivity index (χ4v) is 1.86. The number of amidine groups is 1. The van der Waals surface area contributed by atoms with E-state index in [1.165, 1.54) is 0 Å². The second-order valence-electron chi connectivity index (χ2n) is 5.17. The number of rotatable bonds is 7. The van der Waals surface area contributed by atoms with Crippen LogP contribution in [-0.4, -0.2) is 51.2 Å². The predicted molar refractivity (Wildman–Crippen MR) is 93.6 cm³/mol. The summed E-state index contributed by atoms with van der Waals surface area (Å²) in [7, 11) is 0. The maximum Gasteiger partial charge on any atom is 0.202 e. The van der Waals surface area contributed by atoms with Gasteiger partial charge in [0.2, 0.25) is 5.84 Å². The van der Waals surface area contributed by atoms with E-state index in [0.29, 0.717) is 11.4 Å². The average molecular weight is 344 g/mol. The van der Waals surface area contributed by atoms with Gasteiger partial charge in [0, 0.05) is 0 Å². The predicted octanol–water partition coefficient (Wildman–Crippen LogP) is 1.27. The van der Waals surface area contributed by atoms with Crippen LogP contribution in [0.25, 0.3) is 0 Å². The number of azo groups is 1. The van der Waals surface area contributed by atoms with Gasteiger partial charge in [-0.3, -0.25) is 5.43 Å². The number of hydrogen-bond acceptors (Lipinski definition) is 7. The summed E-state index contributed by atoms with van der Waals surface area (Å²) in [4.78, 5) is 0. The van der Waals surface area contributed by atoms with Crippen LogP contribution in [-0.2, 0) is 0 Å². The van der Waals surface area contributed by atoms with Crippen molar-refractivity contribution in [3.05, 3.63) is 60.7 Å². The molecule has 0 spiro atoms. The minimum absolute atomic E-state index is 0.243. The van der Waals surface area contributed by atoms with Crippen molar-refractivity contribution < 1.29 is 20.4 Å². The highest BCUT2D eigenvalue weighted by Crippen LogP contribution is 2.13. The van der Waals surface area contributed by atoms with Crippen molar-refractivity contribution in [1.29, 1.82) is 0 Å². The van der Waals surface area contributed by atoms with Gasteiger partial charge in [-0.1, -0.05) is 36.4 Å². The zero-order chi connectivity index (χ0) is 18.1. The minimum Gasteiger partial charge on any atom is -0.394 e. The number of hydrogen-bond donors (Lipinski definition) is 5. The fourth-order valence-electron chi connectivity index (χ4n) is 1.86. The Morgan fingerprint density at radius 3 is 2.12 bits per heavy atom. The van der Waals surface area contributed by atoms with E-state index in [-0.39, 0.29) is 5.84 Å². The van der Waals surface area contributed by atoms with Crippen molar-refractivity contribution in [2.24, 2.45) is 15.3 Å². The van der Waals surface area contributed by atoms with Gasteiger partial charge in [-0.05, 0) is 24.3 Å². The van der Waals surface area contributed by atoms with E-state index in [4.69, 9.17) is 5.11 Å². The molecule has 0 saturated heterocycles. The van der Waals surface area contributed by atoms with E-state index in [9.17, 15) is 15.3 Å². The van der Waals surface area contributed by atoms with Crippen LogP contribution in [0.15, 0.2) is 76.0 Å². The van der Waals surface area contributed by atoms with Crippen molar-refractivity contribution >= 4 is 17.2 Å². The third kappa shape index (κ3) is 5.73. The molecule has 0 aliphatic rings. The molecule has 0 aliphatic carbocycles. The summed E-state index contributed by atoms with van der Waals surface area (Å²) >= 11 is 0. The number of aliphatic hydroxyl groups is 4. The molecule has 132 valence electrons. The Morgan fingerprint density at radius 2 is 1.52 bits per heavy atom. The molecule has 0 aromatic heterocycles. The SMILES string of the molecule is OC[C@H](O)[C@H](O)[C@H](O)/C(N=Nc1ccccc1)=N\Nc1ccccc1. The average Bonchev–Trinajstić information content (AvgIpc) is 2.68. The van der Waals surface area contributed by atoms with E-state index < -0.39 is 24.9 Å². The van der Waals surface area contributed by atoms with Crippen molar-refractivity contribution in [3.63, 3.8) is 0 Å². The van der Waals surface area contributed by atoms with Gasteiger partial charge < -0.3 is 20.4 Å². The molecule has 0 heterocycles. The molecule has 0 bridgehead atoms. The summed E-state index contributed by atoms with van der Waals surface area (Å²) in [5, 5.41) is 50.3. The van der Waals surface area contributed by atoms with Crippen LogP contribution in [0.4, 0.5) is 11.4 Å². The van der Waals surface area contributed by atoms with Gasteiger partial charge in [-0.2, -0.15) is 5.10 Å². The number of hydrazone groups is 1. The van der Waals surface area contributed by atoms with Gasteiger partial charge in [0.25, 0.3) is 0 Å². The normalized spacial score (nSPS) is 15.8. The third-order valence-electron chi connectivity index (χ3n) is 3.27. The number of para-hydroxylation sites is 1.